The van der Waals surface area contributed by atoms with E-state index in [-0.39, 0.29) is 18.0 Å². The monoisotopic (exact) mass is 257 g/mol. The lowest BCUT2D eigenvalue weighted by atomic mass is 10.2. The number of nitrogens with one attached hydrogen (secondary N) is 1. The van der Waals surface area contributed by atoms with Crippen molar-refractivity contribution in [3.05, 3.63) is 11.3 Å². The first kappa shape index (κ1) is 13.6. The van der Waals surface area contributed by atoms with Gasteiger partial charge in [0.05, 0.1) is 12.2 Å². The molecule has 2 N–H and O–H groups in total. The highest BCUT2D eigenvalue weighted by molar-refractivity contribution is 7.11. The number of nitrogens with zero attached hydrogens (tertiary/aromatic N) is 2. The van der Waals surface area contributed by atoms with Crippen LogP contribution < -0.4 is 10.2 Å². The van der Waals surface area contributed by atoms with Crippen molar-refractivity contribution in [2.24, 2.45) is 0 Å². The second-order valence-electron chi connectivity index (χ2n) is 3.49. The van der Waals surface area contributed by atoms with E-state index in [1.807, 2.05) is 6.92 Å². The number of carboxylic acid groups (broad SMARTS) is 1. The van der Waals surface area contributed by atoms with E-state index >= 15 is 0 Å². The van der Waals surface area contributed by atoms with E-state index in [0.717, 1.165) is 11.5 Å². The number of likely N-dealkylation sites (N-methyl/N-ethyl adjacent to an activating group) is 2. The van der Waals surface area contributed by atoms with Gasteiger partial charge in [-0.3, -0.25) is 4.79 Å². The number of aromatic carboxylic acids is 1. The highest BCUT2D eigenvalue weighted by Crippen LogP contribution is 2.27. The molecule has 1 aromatic heterocycles. The van der Waals surface area contributed by atoms with Crippen molar-refractivity contribution in [3.8, 4) is 0 Å². The third-order valence-electron chi connectivity index (χ3n) is 2.26. The van der Waals surface area contributed by atoms with Crippen molar-refractivity contribution in [3.63, 3.8) is 0 Å². The zero-order valence-electron chi connectivity index (χ0n) is 9.98. The van der Waals surface area contributed by atoms with Gasteiger partial charge in [0.2, 0.25) is 5.91 Å². The van der Waals surface area contributed by atoms with Gasteiger partial charge < -0.3 is 15.3 Å². The Morgan fingerprint density at radius 2 is 2.18 bits per heavy atom. The van der Waals surface area contributed by atoms with Crippen LogP contribution in [0.25, 0.3) is 0 Å². The van der Waals surface area contributed by atoms with E-state index in [4.69, 9.17) is 5.11 Å². The molecule has 0 unspecified atom stereocenters. The Labute approximate surface area is 103 Å². The van der Waals surface area contributed by atoms with Crippen LogP contribution in [0, 0.1) is 6.92 Å². The quantitative estimate of drug-likeness (QED) is 0.812. The van der Waals surface area contributed by atoms with Crippen LogP contribution in [-0.2, 0) is 4.79 Å². The number of anilines is 1. The first-order chi connectivity index (χ1) is 7.99. The molecule has 1 amide bonds. The molecule has 17 heavy (non-hydrogen) atoms. The normalized spacial score (nSPS) is 10.3. The second kappa shape index (κ2) is 5.74. The molecule has 0 aliphatic heterocycles. The summed E-state index contributed by atoms with van der Waals surface area (Å²) in [6.07, 6.45) is 0. The van der Waals surface area contributed by atoms with Crippen molar-refractivity contribution in [2.45, 2.75) is 13.8 Å². The predicted octanol–water partition coefficient (Wildman–Crippen LogP) is 0.722. The molecule has 0 saturated heterocycles. The highest BCUT2D eigenvalue weighted by Gasteiger charge is 2.23. The van der Waals surface area contributed by atoms with Crippen LogP contribution in [-0.4, -0.2) is 41.5 Å². The molecule has 0 aliphatic carbocycles. The van der Waals surface area contributed by atoms with Gasteiger partial charge in [0.1, 0.15) is 10.6 Å². The molecule has 1 aromatic rings. The summed E-state index contributed by atoms with van der Waals surface area (Å²) in [4.78, 5) is 24.1. The predicted molar refractivity (Wildman–Crippen MR) is 65.8 cm³/mol. The van der Waals surface area contributed by atoms with E-state index in [1.165, 1.54) is 4.90 Å². The molecule has 0 bridgehead atoms. The van der Waals surface area contributed by atoms with Gasteiger partial charge >= 0.3 is 5.97 Å². The molecule has 0 aromatic carbocycles. The summed E-state index contributed by atoms with van der Waals surface area (Å²) in [5, 5.41) is 12.3. The van der Waals surface area contributed by atoms with Gasteiger partial charge in [0.15, 0.2) is 0 Å². The molecule has 0 aliphatic rings. The number of amides is 1. The van der Waals surface area contributed by atoms with Crippen LogP contribution in [0.4, 0.5) is 5.00 Å². The number of carbonyl (C=O) groups is 2. The fraction of sp³-hybridized carbons (Fsp3) is 0.500. The summed E-state index contributed by atoms with van der Waals surface area (Å²) in [5.41, 5.74) is 0.531. The highest BCUT2D eigenvalue weighted by atomic mass is 32.1. The van der Waals surface area contributed by atoms with E-state index in [1.54, 1.807) is 14.0 Å². The lowest BCUT2D eigenvalue weighted by Crippen LogP contribution is -2.35. The Kier molecular flexibility index (Phi) is 4.59. The molecular weight excluding hydrogens is 242 g/mol. The number of aromatic nitrogens is 1. The summed E-state index contributed by atoms with van der Waals surface area (Å²) < 4.78 is 3.97. The van der Waals surface area contributed by atoms with Gasteiger partial charge in [-0.25, -0.2) is 4.79 Å². The standard InChI is InChI=1S/C10H15N3O3S/c1-4-11-5-7(14)13(3)9-8(10(15)16)6(2)12-17-9/h11H,4-5H2,1-3H3,(H,15,16). The minimum atomic E-state index is -1.06. The number of hydrogen-bond donors (Lipinski definition) is 2. The topological polar surface area (TPSA) is 82.5 Å². The number of hydrogen-bond acceptors (Lipinski definition) is 5. The number of rotatable bonds is 5. The van der Waals surface area contributed by atoms with Crippen LogP contribution >= 0.6 is 11.5 Å². The van der Waals surface area contributed by atoms with E-state index < -0.39 is 5.97 Å². The Balaban J connectivity index is 2.92. The molecule has 0 spiro atoms. The SMILES string of the molecule is CCNCC(=O)N(C)c1snc(C)c1C(=O)O. The maximum absolute atomic E-state index is 11.7. The van der Waals surface area contributed by atoms with Gasteiger partial charge in [-0.2, -0.15) is 4.37 Å². The van der Waals surface area contributed by atoms with Crippen molar-refractivity contribution in [1.29, 1.82) is 0 Å². The summed E-state index contributed by atoms with van der Waals surface area (Å²) in [7, 11) is 1.55. The van der Waals surface area contributed by atoms with Crippen LogP contribution in [0.5, 0.6) is 0 Å². The summed E-state index contributed by atoms with van der Waals surface area (Å²) in [5.74, 6) is -1.24. The Morgan fingerprint density at radius 1 is 1.53 bits per heavy atom. The van der Waals surface area contributed by atoms with Crippen molar-refractivity contribution in [1.82, 2.24) is 9.69 Å². The fourth-order valence-corrected chi connectivity index (χ4v) is 2.16. The molecule has 1 rings (SSSR count). The average molecular weight is 257 g/mol. The second-order valence-corrected chi connectivity index (χ2v) is 4.24. The maximum Gasteiger partial charge on any atom is 0.340 e. The first-order valence-electron chi connectivity index (χ1n) is 5.15. The van der Waals surface area contributed by atoms with E-state index in [0.29, 0.717) is 17.2 Å². The van der Waals surface area contributed by atoms with Crippen molar-refractivity contribution in [2.75, 3.05) is 25.0 Å². The third-order valence-corrected chi connectivity index (χ3v) is 3.28. The van der Waals surface area contributed by atoms with Gasteiger partial charge in [-0.1, -0.05) is 6.92 Å². The molecule has 6 nitrogen and oxygen atoms in total. The summed E-state index contributed by atoms with van der Waals surface area (Å²) in [6, 6.07) is 0. The Hall–Kier alpha value is -1.47. The molecule has 0 atom stereocenters. The Bertz CT molecular complexity index is 430. The van der Waals surface area contributed by atoms with Crippen LogP contribution in [0.2, 0.25) is 0 Å². The van der Waals surface area contributed by atoms with Gasteiger partial charge in [0.25, 0.3) is 0 Å². The average Bonchev–Trinajstić information content (AvgIpc) is 2.66. The number of carbonyl (C=O) groups excluding carboxylic acids is 1. The van der Waals surface area contributed by atoms with Gasteiger partial charge in [-0.05, 0) is 25.0 Å². The maximum atomic E-state index is 11.7. The molecule has 94 valence electrons. The molecular formula is C10H15N3O3S. The fourth-order valence-electron chi connectivity index (χ4n) is 1.30. The van der Waals surface area contributed by atoms with E-state index in [9.17, 15) is 9.59 Å². The molecule has 0 fully saturated rings. The van der Waals surface area contributed by atoms with Gasteiger partial charge in [-0.15, -0.1) is 0 Å². The number of aryl methyl sites for hydroxylation is 1. The van der Waals surface area contributed by atoms with Crippen molar-refractivity contribution >= 4 is 28.4 Å². The molecule has 1 heterocycles. The lowest BCUT2D eigenvalue weighted by molar-refractivity contribution is -0.117. The smallest absolute Gasteiger partial charge is 0.340 e. The summed E-state index contributed by atoms with van der Waals surface area (Å²) in [6.45, 7) is 4.38. The third kappa shape index (κ3) is 3.01. The Morgan fingerprint density at radius 3 is 2.71 bits per heavy atom. The zero-order chi connectivity index (χ0) is 13.0. The minimum absolute atomic E-state index is 0.0994. The largest absolute Gasteiger partial charge is 0.478 e. The van der Waals surface area contributed by atoms with E-state index in [2.05, 4.69) is 9.69 Å². The van der Waals surface area contributed by atoms with Gasteiger partial charge in [0, 0.05) is 7.05 Å². The zero-order valence-corrected chi connectivity index (χ0v) is 10.8. The minimum Gasteiger partial charge on any atom is -0.478 e. The number of carboxylic acids is 1. The lowest BCUT2D eigenvalue weighted by Gasteiger charge is -2.15. The van der Waals surface area contributed by atoms with Crippen LogP contribution in [0.15, 0.2) is 0 Å². The van der Waals surface area contributed by atoms with Crippen LogP contribution in [0.1, 0.15) is 23.0 Å². The molecule has 0 saturated carbocycles. The molecule has 7 heteroatoms. The van der Waals surface area contributed by atoms with Crippen molar-refractivity contribution < 1.29 is 14.7 Å². The first-order valence-corrected chi connectivity index (χ1v) is 5.93. The summed E-state index contributed by atoms with van der Waals surface area (Å²) >= 11 is 1.02. The van der Waals surface area contributed by atoms with Crippen LogP contribution in [0.3, 0.4) is 0 Å². The molecule has 0 radical (unpaired) electrons.